The van der Waals surface area contributed by atoms with Gasteiger partial charge in [-0.1, -0.05) is 32.0 Å². The van der Waals surface area contributed by atoms with Crippen LogP contribution in [0.5, 0.6) is 0 Å². The summed E-state index contributed by atoms with van der Waals surface area (Å²) >= 11 is 0. The van der Waals surface area contributed by atoms with Gasteiger partial charge in [-0.2, -0.15) is 0 Å². The Bertz CT molecular complexity index is 744. The lowest BCUT2D eigenvalue weighted by molar-refractivity contribution is -0.117. The monoisotopic (exact) mass is 316 g/mol. The molecular formula is C17H24N4O2. The van der Waals surface area contributed by atoms with Crippen molar-refractivity contribution in [3.63, 3.8) is 0 Å². The molecule has 23 heavy (non-hydrogen) atoms. The number of hydrogen-bond donors (Lipinski definition) is 2. The molecule has 1 aromatic carbocycles. The first-order valence-electron chi connectivity index (χ1n) is 7.73. The number of carbonyl (C=O) groups excluding carboxylic acids is 1. The third kappa shape index (κ3) is 3.53. The molecule has 0 saturated carbocycles. The molecule has 2 aromatic rings. The third-order valence-electron chi connectivity index (χ3n) is 3.86. The first-order chi connectivity index (χ1) is 10.8. The Morgan fingerprint density at radius 3 is 2.43 bits per heavy atom. The minimum atomic E-state index is -0.626. The summed E-state index contributed by atoms with van der Waals surface area (Å²) in [5, 5.41) is 2.70. The Morgan fingerprint density at radius 2 is 1.87 bits per heavy atom. The van der Waals surface area contributed by atoms with Crippen molar-refractivity contribution < 1.29 is 4.79 Å². The van der Waals surface area contributed by atoms with Gasteiger partial charge in [0.15, 0.2) is 0 Å². The maximum Gasteiger partial charge on any atom is 0.295 e. The Balaban J connectivity index is 2.35. The van der Waals surface area contributed by atoms with E-state index in [4.69, 9.17) is 5.73 Å². The summed E-state index contributed by atoms with van der Waals surface area (Å²) in [6, 6.07) is 8.67. The van der Waals surface area contributed by atoms with Gasteiger partial charge in [0, 0.05) is 7.05 Å². The van der Waals surface area contributed by atoms with Crippen molar-refractivity contribution in [1.29, 1.82) is 0 Å². The predicted octanol–water partition coefficient (Wildman–Crippen LogP) is 1.80. The summed E-state index contributed by atoms with van der Waals surface area (Å²) in [5.41, 5.74) is 7.34. The number of amides is 1. The molecular weight excluding hydrogens is 292 g/mol. The average molecular weight is 316 g/mol. The lowest BCUT2D eigenvalue weighted by Crippen LogP contribution is -2.37. The number of para-hydroxylation sites is 1. The number of rotatable bonds is 5. The highest BCUT2D eigenvalue weighted by Gasteiger charge is 2.21. The topological polar surface area (TPSA) is 82.1 Å². The number of nitrogens with zero attached hydrogens (tertiary/aromatic N) is 2. The largest absolute Gasteiger partial charge is 0.320 e. The molecule has 3 N–H and O–H groups in total. The Morgan fingerprint density at radius 1 is 1.26 bits per heavy atom. The predicted molar refractivity (Wildman–Crippen MR) is 91.8 cm³/mol. The van der Waals surface area contributed by atoms with Crippen LogP contribution in [0.4, 0.5) is 5.69 Å². The summed E-state index contributed by atoms with van der Waals surface area (Å²) in [7, 11) is 1.79. The van der Waals surface area contributed by atoms with E-state index in [1.807, 2.05) is 44.2 Å². The van der Waals surface area contributed by atoms with Crippen molar-refractivity contribution >= 4 is 11.6 Å². The highest BCUT2D eigenvalue weighted by Crippen LogP contribution is 2.14. The van der Waals surface area contributed by atoms with Crippen LogP contribution in [0.25, 0.3) is 5.69 Å². The molecule has 0 bridgehead atoms. The maximum absolute atomic E-state index is 12.7. The SMILES string of the molecule is Cc1c(NC(=O)C(N)CC(C)C)c(=O)n(-c2ccccc2)n1C. The van der Waals surface area contributed by atoms with Gasteiger partial charge in [-0.05, 0) is 31.4 Å². The van der Waals surface area contributed by atoms with E-state index in [-0.39, 0.29) is 17.2 Å². The Hall–Kier alpha value is -2.34. The molecule has 6 nitrogen and oxygen atoms in total. The van der Waals surface area contributed by atoms with Crippen LogP contribution in [-0.2, 0) is 11.8 Å². The lowest BCUT2D eigenvalue weighted by Gasteiger charge is -2.13. The second-order valence-electron chi connectivity index (χ2n) is 6.16. The molecule has 0 aliphatic rings. The van der Waals surface area contributed by atoms with Crippen molar-refractivity contribution in [3.8, 4) is 5.69 Å². The quantitative estimate of drug-likeness (QED) is 0.882. The molecule has 0 fully saturated rings. The van der Waals surface area contributed by atoms with E-state index in [0.717, 1.165) is 5.69 Å². The number of nitrogens with one attached hydrogen (secondary N) is 1. The van der Waals surface area contributed by atoms with Crippen molar-refractivity contribution in [2.24, 2.45) is 18.7 Å². The molecule has 1 unspecified atom stereocenters. The molecule has 124 valence electrons. The van der Waals surface area contributed by atoms with E-state index in [1.54, 1.807) is 18.7 Å². The highest BCUT2D eigenvalue weighted by atomic mass is 16.2. The van der Waals surface area contributed by atoms with Crippen molar-refractivity contribution in [3.05, 3.63) is 46.4 Å². The van der Waals surface area contributed by atoms with E-state index < -0.39 is 6.04 Å². The standard InChI is InChI=1S/C17H24N4O2/c1-11(2)10-14(18)16(22)19-15-12(3)20(4)21(17(15)23)13-8-6-5-7-9-13/h5-9,11,14H,10,18H2,1-4H3,(H,19,22). The first-order valence-corrected chi connectivity index (χ1v) is 7.73. The Kier molecular flexibility index (Phi) is 5.05. The summed E-state index contributed by atoms with van der Waals surface area (Å²) < 4.78 is 3.25. The average Bonchev–Trinajstić information content (AvgIpc) is 2.71. The van der Waals surface area contributed by atoms with Gasteiger partial charge in [-0.3, -0.25) is 14.3 Å². The number of anilines is 1. The molecule has 0 saturated heterocycles. The van der Waals surface area contributed by atoms with Gasteiger partial charge in [-0.15, -0.1) is 0 Å². The zero-order chi connectivity index (χ0) is 17.1. The zero-order valence-corrected chi connectivity index (χ0v) is 14.0. The number of nitrogens with two attached hydrogens (primary N) is 1. The Labute approximate surface area is 135 Å². The van der Waals surface area contributed by atoms with Crippen molar-refractivity contribution in [2.75, 3.05) is 5.32 Å². The van der Waals surface area contributed by atoms with Gasteiger partial charge in [0.05, 0.1) is 17.4 Å². The third-order valence-corrected chi connectivity index (χ3v) is 3.86. The molecule has 1 heterocycles. The fourth-order valence-corrected chi connectivity index (χ4v) is 2.54. The molecule has 0 aliphatic heterocycles. The normalized spacial score (nSPS) is 12.4. The van der Waals surface area contributed by atoms with E-state index in [1.165, 1.54) is 4.68 Å². The number of aromatic nitrogens is 2. The fourth-order valence-electron chi connectivity index (χ4n) is 2.54. The number of hydrogen-bond acceptors (Lipinski definition) is 3. The summed E-state index contributed by atoms with van der Waals surface area (Å²) in [4.78, 5) is 24.9. The second kappa shape index (κ2) is 6.83. The van der Waals surface area contributed by atoms with Gasteiger partial charge in [0.2, 0.25) is 5.91 Å². The van der Waals surface area contributed by atoms with E-state index in [0.29, 0.717) is 18.0 Å². The van der Waals surface area contributed by atoms with Crippen LogP contribution in [0.2, 0.25) is 0 Å². The molecule has 2 rings (SSSR count). The molecule has 1 amide bonds. The maximum atomic E-state index is 12.7. The lowest BCUT2D eigenvalue weighted by atomic mass is 10.0. The van der Waals surface area contributed by atoms with Crippen molar-refractivity contribution in [1.82, 2.24) is 9.36 Å². The van der Waals surface area contributed by atoms with Crippen LogP contribution in [-0.4, -0.2) is 21.3 Å². The minimum absolute atomic E-state index is 0.263. The van der Waals surface area contributed by atoms with Crippen LogP contribution in [0, 0.1) is 12.8 Å². The van der Waals surface area contributed by atoms with Gasteiger partial charge < -0.3 is 11.1 Å². The summed E-state index contributed by atoms with van der Waals surface area (Å²) in [5.74, 6) is -0.0155. The summed E-state index contributed by atoms with van der Waals surface area (Å²) in [6.45, 7) is 5.80. The van der Waals surface area contributed by atoms with E-state index >= 15 is 0 Å². The van der Waals surface area contributed by atoms with Crippen molar-refractivity contribution in [2.45, 2.75) is 33.2 Å². The van der Waals surface area contributed by atoms with Crippen LogP contribution in [0.3, 0.4) is 0 Å². The van der Waals surface area contributed by atoms with Crippen LogP contribution >= 0.6 is 0 Å². The summed E-state index contributed by atoms with van der Waals surface area (Å²) in [6.07, 6.45) is 0.574. The highest BCUT2D eigenvalue weighted by molar-refractivity contribution is 5.95. The molecule has 0 radical (unpaired) electrons. The molecule has 1 aromatic heterocycles. The first kappa shape index (κ1) is 17.0. The van der Waals surface area contributed by atoms with E-state index in [2.05, 4.69) is 5.32 Å². The smallest absolute Gasteiger partial charge is 0.295 e. The molecule has 1 atom stereocenters. The number of carbonyl (C=O) groups is 1. The van der Waals surface area contributed by atoms with Gasteiger partial charge >= 0.3 is 0 Å². The molecule has 0 aliphatic carbocycles. The zero-order valence-electron chi connectivity index (χ0n) is 14.0. The second-order valence-corrected chi connectivity index (χ2v) is 6.16. The van der Waals surface area contributed by atoms with Gasteiger partial charge in [0.25, 0.3) is 5.56 Å². The minimum Gasteiger partial charge on any atom is -0.320 e. The molecule has 0 spiro atoms. The van der Waals surface area contributed by atoms with Crippen LogP contribution in [0.15, 0.2) is 35.1 Å². The molecule has 6 heteroatoms. The fraction of sp³-hybridized carbons (Fsp3) is 0.412. The van der Waals surface area contributed by atoms with E-state index in [9.17, 15) is 9.59 Å². The number of benzene rings is 1. The van der Waals surface area contributed by atoms with Crippen LogP contribution < -0.4 is 16.6 Å². The van der Waals surface area contributed by atoms with Gasteiger partial charge in [-0.25, -0.2) is 4.68 Å². The van der Waals surface area contributed by atoms with Gasteiger partial charge in [0.1, 0.15) is 5.69 Å². The van der Waals surface area contributed by atoms with Crippen LogP contribution in [0.1, 0.15) is 26.0 Å².